The highest BCUT2D eigenvalue weighted by Crippen LogP contribution is 2.31. The van der Waals surface area contributed by atoms with Gasteiger partial charge in [0.25, 0.3) is 5.56 Å². The number of imidazole rings is 1. The minimum Gasteiger partial charge on any atom is -0.486 e. The van der Waals surface area contributed by atoms with Gasteiger partial charge in [0.15, 0.2) is 28.4 Å². The van der Waals surface area contributed by atoms with Gasteiger partial charge in [-0.15, -0.1) is 0 Å². The molecule has 1 aromatic carbocycles. The highest BCUT2D eigenvalue weighted by Gasteiger charge is 2.18. The lowest BCUT2D eigenvalue weighted by atomic mass is 10.1. The highest BCUT2D eigenvalue weighted by atomic mass is 16.6. The standard InChI is InChI=1S/C17H16N4O5/c1-19-15-14(16(23)20(2)17(19)24)21(9-18-15)8-11(22)10-3-4-12-13(7-10)26-6-5-25-12/h3-4,7,9H,5-6,8H2,1-2H3. The molecule has 9 heteroatoms. The number of ketones is 1. The summed E-state index contributed by atoms with van der Waals surface area (Å²) in [6, 6.07) is 4.98. The van der Waals surface area contributed by atoms with E-state index in [1.165, 1.54) is 29.6 Å². The van der Waals surface area contributed by atoms with Gasteiger partial charge in [0.05, 0.1) is 12.9 Å². The molecule has 0 atom stereocenters. The van der Waals surface area contributed by atoms with Gasteiger partial charge in [0, 0.05) is 19.7 Å². The molecule has 0 amide bonds. The van der Waals surface area contributed by atoms with Crippen LogP contribution in [-0.4, -0.2) is 37.7 Å². The van der Waals surface area contributed by atoms with Gasteiger partial charge in [-0.2, -0.15) is 0 Å². The van der Waals surface area contributed by atoms with E-state index in [-0.39, 0.29) is 23.5 Å². The minimum atomic E-state index is -0.490. The lowest BCUT2D eigenvalue weighted by Crippen LogP contribution is -2.37. The van der Waals surface area contributed by atoms with Crippen LogP contribution in [0.15, 0.2) is 34.1 Å². The second-order valence-corrected chi connectivity index (χ2v) is 6.03. The van der Waals surface area contributed by atoms with Crippen molar-refractivity contribution in [3.05, 3.63) is 50.9 Å². The largest absolute Gasteiger partial charge is 0.486 e. The third-order valence-electron chi connectivity index (χ3n) is 4.40. The summed E-state index contributed by atoms with van der Waals surface area (Å²) >= 11 is 0. The third kappa shape index (κ3) is 2.40. The van der Waals surface area contributed by atoms with Crippen LogP contribution in [0, 0.1) is 0 Å². The predicted molar refractivity (Wildman–Crippen MR) is 92.0 cm³/mol. The highest BCUT2D eigenvalue weighted by molar-refractivity contribution is 5.97. The number of rotatable bonds is 3. The van der Waals surface area contributed by atoms with Crippen LogP contribution >= 0.6 is 0 Å². The number of fused-ring (bicyclic) bond motifs is 2. The average Bonchev–Trinajstić information content (AvgIpc) is 3.08. The number of carbonyl (C=O) groups excluding carboxylic acids is 1. The number of aryl methyl sites for hydroxylation is 1. The Balaban J connectivity index is 1.73. The number of ether oxygens (including phenoxy) is 2. The van der Waals surface area contributed by atoms with Crippen LogP contribution in [-0.2, 0) is 20.6 Å². The molecule has 134 valence electrons. The summed E-state index contributed by atoms with van der Waals surface area (Å²) in [5.74, 6) is 0.915. The Morgan fingerprint density at radius 1 is 1.12 bits per heavy atom. The normalized spacial score (nSPS) is 13.2. The van der Waals surface area contributed by atoms with E-state index >= 15 is 0 Å². The minimum absolute atomic E-state index is 0.0798. The van der Waals surface area contributed by atoms with E-state index < -0.39 is 11.2 Å². The van der Waals surface area contributed by atoms with Gasteiger partial charge in [-0.3, -0.25) is 18.7 Å². The molecular formula is C17H16N4O5. The van der Waals surface area contributed by atoms with Crippen LogP contribution in [0.3, 0.4) is 0 Å². The average molecular weight is 356 g/mol. The topological polar surface area (TPSA) is 97.3 Å². The number of hydrogen-bond acceptors (Lipinski definition) is 6. The van der Waals surface area contributed by atoms with E-state index in [0.29, 0.717) is 30.3 Å². The molecule has 3 heterocycles. The Kier molecular flexibility index (Phi) is 3.64. The van der Waals surface area contributed by atoms with Crippen molar-refractivity contribution < 1.29 is 14.3 Å². The fourth-order valence-electron chi connectivity index (χ4n) is 2.98. The Labute approximate surface area is 147 Å². The number of aromatic nitrogens is 4. The second kappa shape index (κ2) is 5.87. The number of Topliss-reactive ketones (excluding diaryl/α,β-unsaturated/α-hetero) is 1. The molecule has 26 heavy (non-hydrogen) atoms. The fourth-order valence-corrected chi connectivity index (χ4v) is 2.98. The molecule has 0 N–H and O–H groups in total. The van der Waals surface area contributed by atoms with E-state index in [1.54, 1.807) is 18.2 Å². The maximum Gasteiger partial charge on any atom is 0.332 e. The maximum absolute atomic E-state index is 12.7. The first-order valence-corrected chi connectivity index (χ1v) is 8.01. The molecule has 0 radical (unpaired) electrons. The van der Waals surface area contributed by atoms with Gasteiger partial charge in [0.2, 0.25) is 0 Å². The molecule has 4 rings (SSSR count). The third-order valence-corrected chi connectivity index (χ3v) is 4.40. The van der Waals surface area contributed by atoms with E-state index in [2.05, 4.69) is 4.98 Å². The quantitative estimate of drug-likeness (QED) is 0.617. The molecular weight excluding hydrogens is 340 g/mol. The summed E-state index contributed by atoms with van der Waals surface area (Å²) in [4.78, 5) is 41.2. The Hall–Kier alpha value is -3.36. The Bertz CT molecular complexity index is 1150. The lowest BCUT2D eigenvalue weighted by molar-refractivity contribution is 0.0972. The molecule has 2 aromatic heterocycles. The fraction of sp³-hybridized carbons (Fsp3) is 0.294. The van der Waals surface area contributed by atoms with Crippen LogP contribution < -0.4 is 20.7 Å². The van der Waals surface area contributed by atoms with Crippen molar-refractivity contribution in [2.45, 2.75) is 6.54 Å². The van der Waals surface area contributed by atoms with E-state index in [1.807, 2.05) is 0 Å². The predicted octanol–water partition coefficient (Wildman–Crippen LogP) is 0.0878. The summed E-state index contributed by atoms with van der Waals surface area (Å²) in [6.45, 7) is 0.827. The van der Waals surface area contributed by atoms with Crippen molar-refractivity contribution in [2.75, 3.05) is 13.2 Å². The SMILES string of the molecule is Cn1c(=O)c2c(ncn2CC(=O)c2ccc3c(c2)OCCO3)n(C)c1=O. The van der Waals surface area contributed by atoms with Crippen LogP contribution in [0.4, 0.5) is 0 Å². The van der Waals surface area contributed by atoms with E-state index in [9.17, 15) is 14.4 Å². The van der Waals surface area contributed by atoms with Crippen molar-refractivity contribution in [1.29, 1.82) is 0 Å². The molecule has 1 aliphatic heterocycles. The summed E-state index contributed by atoms with van der Waals surface area (Å²) in [7, 11) is 2.92. The summed E-state index contributed by atoms with van der Waals surface area (Å²) < 4.78 is 14.7. The van der Waals surface area contributed by atoms with Crippen molar-refractivity contribution in [1.82, 2.24) is 18.7 Å². The second-order valence-electron chi connectivity index (χ2n) is 6.03. The zero-order valence-electron chi connectivity index (χ0n) is 14.3. The molecule has 0 saturated carbocycles. The van der Waals surface area contributed by atoms with Gasteiger partial charge in [-0.25, -0.2) is 9.78 Å². The van der Waals surface area contributed by atoms with Crippen LogP contribution in [0.5, 0.6) is 11.5 Å². The number of hydrogen-bond donors (Lipinski definition) is 0. The number of benzene rings is 1. The van der Waals surface area contributed by atoms with Gasteiger partial charge in [-0.05, 0) is 18.2 Å². The summed E-state index contributed by atoms with van der Waals surface area (Å²) in [5, 5.41) is 0. The number of carbonyl (C=O) groups is 1. The zero-order chi connectivity index (χ0) is 18.4. The summed E-state index contributed by atoms with van der Waals surface area (Å²) in [5.41, 5.74) is -0.0622. The number of nitrogens with zero attached hydrogens (tertiary/aromatic N) is 4. The first-order valence-electron chi connectivity index (χ1n) is 8.01. The molecule has 0 spiro atoms. The lowest BCUT2D eigenvalue weighted by Gasteiger charge is -2.18. The van der Waals surface area contributed by atoms with Crippen LogP contribution in [0.25, 0.3) is 11.2 Å². The zero-order valence-corrected chi connectivity index (χ0v) is 14.3. The molecule has 1 aliphatic rings. The van der Waals surface area contributed by atoms with Crippen molar-refractivity contribution in [2.24, 2.45) is 14.1 Å². The van der Waals surface area contributed by atoms with Gasteiger partial charge >= 0.3 is 5.69 Å². The van der Waals surface area contributed by atoms with Crippen LogP contribution in [0.1, 0.15) is 10.4 Å². The van der Waals surface area contributed by atoms with Crippen molar-refractivity contribution in [3.8, 4) is 11.5 Å². The van der Waals surface area contributed by atoms with Gasteiger partial charge in [-0.1, -0.05) is 0 Å². The first kappa shape index (κ1) is 16.1. The molecule has 3 aromatic rings. The van der Waals surface area contributed by atoms with E-state index in [4.69, 9.17) is 9.47 Å². The molecule has 0 saturated heterocycles. The van der Waals surface area contributed by atoms with E-state index in [0.717, 1.165) is 4.57 Å². The van der Waals surface area contributed by atoms with Gasteiger partial charge < -0.3 is 14.0 Å². The molecule has 9 nitrogen and oxygen atoms in total. The summed E-state index contributed by atoms with van der Waals surface area (Å²) in [6.07, 6.45) is 1.39. The van der Waals surface area contributed by atoms with Crippen LogP contribution in [0.2, 0.25) is 0 Å². The molecule has 0 fully saturated rings. The maximum atomic E-state index is 12.7. The molecule has 0 unspecified atom stereocenters. The van der Waals surface area contributed by atoms with Crippen molar-refractivity contribution >= 4 is 16.9 Å². The van der Waals surface area contributed by atoms with Crippen molar-refractivity contribution in [3.63, 3.8) is 0 Å². The molecule has 0 bridgehead atoms. The molecule has 0 aliphatic carbocycles. The first-order chi connectivity index (χ1) is 12.5. The smallest absolute Gasteiger partial charge is 0.332 e. The van der Waals surface area contributed by atoms with Gasteiger partial charge in [0.1, 0.15) is 13.2 Å². The monoisotopic (exact) mass is 356 g/mol. The Morgan fingerprint density at radius 3 is 2.62 bits per heavy atom. The Morgan fingerprint density at radius 2 is 1.85 bits per heavy atom.